The number of para-hydroxylation sites is 1. The van der Waals surface area contributed by atoms with Crippen LogP contribution in [0.25, 0.3) is 0 Å². The molecule has 1 aromatic carbocycles. The predicted octanol–water partition coefficient (Wildman–Crippen LogP) is 2.65. The van der Waals surface area contributed by atoms with Crippen molar-refractivity contribution in [3.8, 4) is 0 Å². The lowest BCUT2D eigenvalue weighted by molar-refractivity contribution is 0.0692. The van der Waals surface area contributed by atoms with E-state index in [-0.39, 0.29) is 11.1 Å². The molecule has 1 amide bonds. The molecular weight excluding hydrogens is 256 g/mol. The number of hydrogen-bond donors (Lipinski definition) is 2. The SMILES string of the molecule is Cc1cccc(C)c1NC(=O)c1ccncc1C(=O)O. The van der Waals surface area contributed by atoms with Gasteiger partial charge < -0.3 is 10.4 Å². The van der Waals surface area contributed by atoms with Crippen LogP contribution in [-0.2, 0) is 0 Å². The Hall–Kier alpha value is -2.69. The predicted molar refractivity (Wildman–Crippen MR) is 75.1 cm³/mol. The first-order valence-electron chi connectivity index (χ1n) is 6.05. The van der Waals surface area contributed by atoms with Crippen molar-refractivity contribution in [2.24, 2.45) is 0 Å². The fourth-order valence-corrected chi connectivity index (χ4v) is 1.96. The molecule has 0 aliphatic carbocycles. The number of nitrogens with one attached hydrogen (secondary N) is 1. The van der Waals surface area contributed by atoms with Crippen LogP contribution in [0.5, 0.6) is 0 Å². The van der Waals surface area contributed by atoms with Gasteiger partial charge in [0.25, 0.3) is 5.91 Å². The molecule has 0 aliphatic rings. The molecule has 20 heavy (non-hydrogen) atoms. The van der Waals surface area contributed by atoms with E-state index in [2.05, 4.69) is 10.3 Å². The van der Waals surface area contributed by atoms with Crippen LogP contribution in [0.4, 0.5) is 5.69 Å². The van der Waals surface area contributed by atoms with Crippen molar-refractivity contribution >= 4 is 17.6 Å². The van der Waals surface area contributed by atoms with E-state index in [1.165, 1.54) is 18.5 Å². The number of carboxylic acids is 1. The quantitative estimate of drug-likeness (QED) is 0.898. The van der Waals surface area contributed by atoms with E-state index in [1.54, 1.807) is 0 Å². The van der Waals surface area contributed by atoms with E-state index in [0.717, 1.165) is 11.1 Å². The Kier molecular flexibility index (Phi) is 3.79. The zero-order valence-corrected chi connectivity index (χ0v) is 11.2. The molecule has 102 valence electrons. The van der Waals surface area contributed by atoms with Gasteiger partial charge in [-0.1, -0.05) is 18.2 Å². The van der Waals surface area contributed by atoms with Gasteiger partial charge in [-0.15, -0.1) is 0 Å². The van der Waals surface area contributed by atoms with Crippen LogP contribution in [-0.4, -0.2) is 22.0 Å². The maximum absolute atomic E-state index is 12.2. The summed E-state index contributed by atoms with van der Waals surface area (Å²) in [4.78, 5) is 27.1. The number of nitrogens with zero attached hydrogens (tertiary/aromatic N) is 1. The molecule has 0 radical (unpaired) electrons. The summed E-state index contributed by atoms with van der Waals surface area (Å²) in [5.41, 5.74) is 2.52. The molecule has 2 N–H and O–H groups in total. The van der Waals surface area contributed by atoms with Gasteiger partial charge in [-0.2, -0.15) is 0 Å². The fourth-order valence-electron chi connectivity index (χ4n) is 1.96. The normalized spacial score (nSPS) is 10.1. The highest BCUT2D eigenvalue weighted by atomic mass is 16.4. The van der Waals surface area contributed by atoms with Gasteiger partial charge in [-0.05, 0) is 31.0 Å². The van der Waals surface area contributed by atoms with Crippen molar-refractivity contribution in [2.45, 2.75) is 13.8 Å². The van der Waals surface area contributed by atoms with E-state index >= 15 is 0 Å². The third-order valence-electron chi connectivity index (χ3n) is 3.02. The van der Waals surface area contributed by atoms with Gasteiger partial charge in [0, 0.05) is 18.1 Å². The lowest BCUT2D eigenvalue weighted by atomic mass is 10.1. The van der Waals surface area contributed by atoms with Gasteiger partial charge in [0.15, 0.2) is 0 Å². The molecular formula is C15H14N2O3. The van der Waals surface area contributed by atoms with Gasteiger partial charge in [0.2, 0.25) is 0 Å². The maximum Gasteiger partial charge on any atom is 0.338 e. The van der Waals surface area contributed by atoms with Crippen LogP contribution >= 0.6 is 0 Å². The first-order valence-corrected chi connectivity index (χ1v) is 6.05. The number of carbonyl (C=O) groups is 2. The molecule has 1 heterocycles. The Balaban J connectivity index is 2.36. The standard InChI is InChI=1S/C15H14N2O3/c1-9-4-3-5-10(2)13(9)17-14(18)11-6-7-16-8-12(11)15(19)20/h3-8H,1-2H3,(H,17,18)(H,19,20). The van der Waals surface area contributed by atoms with Crippen LogP contribution in [0.1, 0.15) is 31.8 Å². The van der Waals surface area contributed by atoms with Gasteiger partial charge in [-0.3, -0.25) is 9.78 Å². The number of anilines is 1. The average Bonchev–Trinajstić information content (AvgIpc) is 2.43. The molecule has 0 bridgehead atoms. The third kappa shape index (κ3) is 2.66. The fraction of sp³-hybridized carbons (Fsp3) is 0.133. The summed E-state index contributed by atoms with van der Waals surface area (Å²) in [7, 11) is 0. The van der Waals surface area contributed by atoms with Crippen molar-refractivity contribution in [3.63, 3.8) is 0 Å². The number of aryl methyl sites for hydroxylation is 2. The smallest absolute Gasteiger partial charge is 0.338 e. The summed E-state index contributed by atoms with van der Waals surface area (Å²) < 4.78 is 0. The highest BCUT2D eigenvalue weighted by Gasteiger charge is 2.17. The molecule has 2 aromatic rings. The van der Waals surface area contributed by atoms with E-state index in [9.17, 15) is 9.59 Å². The molecule has 0 saturated carbocycles. The zero-order valence-electron chi connectivity index (χ0n) is 11.2. The summed E-state index contributed by atoms with van der Waals surface area (Å²) in [5.74, 6) is -1.63. The van der Waals surface area contributed by atoms with Crippen LogP contribution in [0, 0.1) is 13.8 Å². The Morgan fingerprint density at radius 2 is 1.75 bits per heavy atom. The second kappa shape index (κ2) is 5.52. The minimum atomic E-state index is -1.18. The summed E-state index contributed by atoms with van der Waals surface area (Å²) in [6.07, 6.45) is 2.56. The van der Waals surface area contributed by atoms with Crippen LogP contribution in [0.15, 0.2) is 36.7 Å². The third-order valence-corrected chi connectivity index (χ3v) is 3.02. The first kappa shape index (κ1) is 13.7. The van der Waals surface area contributed by atoms with E-state index in [1.807, 2.05) is 32.0 Å². The minimum Gasteiger partial charge on any atom is -0.478 e. The lowest BCUT2D eigenvalue weighted by Crippen LogP contribution is -2.17. The Morgan fingerprint density at radius 1 is 1.10 bits per heavy atom. The number of benzene rings is 1. The van der Waals surface area contributed by atoms with E-state index < -0.39 is 11.9 Å². The maximum atomic E-state index is 12.2. The Morgan fingerprint density at radius 3 is 2.35 bits per heavy atom. The molecule has 0 spiro atoms. The van der Waals surface area contributed by atoms with Crippen LogP contribution in [0.3, 0.4) is 0 Å². The van der Waals surface area contributed by atoms with Crippen molar-refractivity contribution in [1.82, 2.24) is 4.98 Å². The summed E-state index contributed by atoms with van der Waals surface area (Å²) in [6.45, 7) is 3.76. The van der Waals surface area contributed by atoms with Crippen molar-refractivity contribution in [2.75, 3.05) is 5.32 Å². The first-order chi connectivity index (χ1) is 9.50. The second-order valence-electron chi connectivity index (χ2n) is 4.45. The number of amides is 1. The van der Waals surface area contributed by atoms with E-state index in [4.69, 9.17) is 5.11 Å². The minimum absolute atomic E-state index is 0.0927. The number of pyridine rings is 1. The lowest BCUT2D eigenvalue weighted by Gasteiger charge is -2.12. The van der Waals surface area contributed by atoms with Crippen molar-refractivity contribution in [1.29, 1.82) is 0 Å². The molecule has 2 rings (SSSR count). The number of hydrogen-bond acceptors (Lipinski definition) is 3. The molecule has 0 atom stereocenters. The van der Waals surface area contributed by atoms with Gasteiger partial charge in [-0.25, -0.2) is 4.79 Å². The second-order valence-corrected chi connectivity index (χ2v) is 4.45. The summed E-state index contributed by atoms with van der Waals surface area (Å²) >= 11 is 0. The number of aromatic nitrogens is 1. The summed E-state index contributed by atoms with van der Waals surface area (Å²) in [5, 5.41) is 11.8. The van der Waals surface area contributed by atoms with E-state index in [0.29, 0.717) is 5.69 Å². The Labute approximate surface area is 116 Å². The highest BCUT2D eigenvalue weighted by Crippen LogP contribution is 2.20. The van der Waals surface area contributed by atoms with Crippen molar-refractivity contribution in [3.05, 3.63) is 58.9 Å². The molecule has 5 nitrogen and oxygen atoms in total. The van der Waals surface area contributed by atoms with Crippen LogP contribution < -0.4 is 5.32 Å². The average molecular weight is 270 g/mol. The van der Waals surface area contributed by atoms with Crippen LogP contribution in [0.2, 0.25) is 0 Å². The van der Waals surface area contributed by atoms with Gasteiger partial charge >= 0.3 is 5.97 Å². The molecule has 1 aromatic heterocycles. The molecule has 0 aliphatic heterocycles. The zero-order chi connectivity index (χ0) is 14.7. The number of aromatic carboxylic acids is 1. The molecule has 0 saturated heterocycles. The molecule has 0 fully saturated rings. The van der Waals surface area contributed by atoms with Gasteiger partial charge in [0.05, 0.1) is 11.1 Å². The van der Waals surface area contributed by atoms with Crippen molar-refractivity contribution < 1.29 is 14.7 Å². The van der Waals surface area contributed by atoms with Gasteiger partial charge in [0.1, 0.15) is 0 Å². The number of carboxylic acid groups (broad SMARTS) is 1. The molecule has 5 heteroatoms. The Bertz CT molecular complexity index is 660. The topological polar surface area (TPSA) is 79.3 Å². The summed E-state index contributed by atoms with van der Waals surface area (Å²) in [6, 6.07) is 7.06. The number of rotatable bonds is 3. The number of carbonyl (C=O) groups excluding carboxylic acids is 1. The highest BCUT2D eigenvalue weighted by molar-refractivity contribution is 6.10. The monoisotopic (exact) mass is 270 g/mol. The largest absolute Gasteiger partial charge is 0.478 e. The molecule has 0 unspecified atom stereocenters.